The van der Waals surface area contributed by atoms with Crippen LogP contribution in [0.3, 0.4) is 0 Å². The van der Waals surface area contributed by atoms with Crippen molar-refractivity contribution in [1.29, 1.82) is 0 Å². The molecule has 24 heavy (non-hydrogen) atoms. The van der Waals surface area contributed by atoms with Gasteiger partial charge in [0.25, 0.3) is 0 Å². The van der Waals surface area contributed by atoms with Gasteiger partial charge in [0.1, 0.15) is 5.75 Å². The van der Waals surface area contributed by atoms with Crippen molar-refractivity contribution in [2.24, 2.45) is 0 Å². The van der Waals surface area contributed by atoms with Crippen LogP contribution in [0, 0.1) is 0 Å². The molecule has 1 aromatic carbocycles. The van der Waals surface area contributed by atoms with Gasteiger partial charge in [-0.05, 0) is 44.2 Å². The maximum Gasteiger partial charge on any atom is 0.244 e. The molecule has 2 aromatic rings. The van der Waals surface area contributed by atoms with Gasteiger partial charge >= 0.3 is 0 Å². The monoisotopic (exact) mass is 325 g/mol. The highest BCUT2D eigenvalue weighted by Crippen LogP contribution is 2.26. The van der Waals surface area contributed by atoms with E-state index in [4.69, 9.17) is 4.74 Å². The van der Waals surface area contributed by atoms with Gasteiger partial charge in [0.05, 0.1) is 19.0 Å². The Morgan fingerprint density at radius 3 is 2.96 bits per heavy atom. The fourth-order valence-corrected chi connectivity index (χ4v) is 2.79. The third-order valence-electron chi connectivity index (χ3n) is 4.04. The normalized spacial score (nSPS) is 14.0. The Balaban J connectivity index is 1.58. The molecule has 2 N–H and O–H groups in total. The first kappa shape index (κ1) is 16.2. The van der Waals surface area contributed by atoms with E-state index in [0.29, 0.717) is 11.8 Å². The highest BCUT2D eigenvalue weighted by atomic mass is 16.5. The zero-order valence-electron chi connectivity index (χ0n) is 14.0. The molecule has 0 amide bonds. The number of para-hydroxylation sites is 2. The lowest BCUT2D eigenvalue weighted by molar-refractivity contribution is 0.417. The summed E-state index contributed by atoms with van der Waals surface area (Å²) in [5.74, 6) is 1.93. The molecule has 0 aliphatic heterocycles. The maximum atomic E-state index is 5.33. The minimum atomic E-state index is 0.534. The SMILES string of the molecule is COc1ccccc1Nc1cnnc(NCCC2=CCCCC2)n1. The van der Waals surface area contributed by atoms with Crippen molar-refractivity contribution in [2.45, 2.75) is 32.1 Å². The Kier molecular flexibility index (Phi) is 5.61. The van der Waals surface area contributed by atoms with Crippen LogP contribution in [0.2, 0.25) is 0 Å². The first-order chi connectivity index (χ1) is 11.8. The number of benzene rings is 1. The van der Waals surface area contributed by atoms with Crippen molar-refractivity contribution in [2.75, 3.05) is 24.3 Å². The van der Waals surface area contributed by atoms with Crippen molar-refractivity contribution < 1.29 is 4.74 Å². The Bertz CT molecular complexity index is 701. The van der Waals surface area contributed by atoms with Crippen molar-refractivity contribution in [3.05, 3.63) is 42.1 Å². The minimum absolute atomic E-state index is 0.534. The smallest absolute Gasteiger partial charge is 0.244 e. The third-order valence-corrected chi connectivity index (χ3v) is 4.04. The van der Waals surface area contributed by atoms with E-state index in [2.05, 4.69) is 31.9 Å². The summed E-state index contributed by atoms with van der Waals surface area (Å²) in [6, 6.07) is 7.70. The Morgan fingerprint density at radius 1 is 1.21 bits per heavy atom. The quantitative estimate of drug-likeness (QED) is 0.752. The van der Waals surface area contributed by atoms with E-state index in [0.717, 1.165) is 24.4 Å². The lowest BCUT2D eigenvalue weighted by Crippen LogP contribution is -2.09. The molecule has 1 heterocycles. The van der Waals surface area contributed by atoms with Crippen LogP contribution in [0.25, 0.3) is 0 Å². The third kappa shape index (κ3) is 4.44. The van der Waals surface area contributed by atoms with Gasteiger partial charge in [-0.1, -0.05) is 23.8 Å². The highest BCUT2D eigenvalue weighted by molar-refractivity contribution is 5.63. The number of methoxy groups -OCH3 is 1. The van der Waals surface area contributed by atoms with Gasteiger partial charge in [-0.25, -0.2) is 0 Å². The average molecular weight is 325 g/mol. The first-order valence-electron chi connectivity index (χ1n) is 8.37. The van der Waals surface area contributed by atoms with Gasteiger partial charge in [0, 0.05) is 6.54 Å². The molecule has 0 spiro atoms. The van der Waals surface area contributed by atoms with Crippen LogP contribution in [0.5, 0.6) is 5.75 Å². The summed E-state index contributed by atoms with van der Waals surface area (Å²) in [4.78, 5) is 4.46. The number of ether oxygens (including phenoxy) is 1. The second kappa shape index (κ2) is 8.29. The highest BCUT2D eigenvalue weighted by Gasteiger charge is 2.06. The second-order valence-corrected chi connectivity index (χ2v) is 5.78. The molecule has 0 saturated carbocycles. The van der Waals surface area contributed by atoms with Crippen molar-refractivity contribution >= 4 is 17.5 Å². The van der Waals surface area contributed by atoms with Crippen LogP contribution in [0.15, 0.2) is 42.1 Å². The van der Waals surface area contributed by atoms with Crippen molar-refractivity contribution in [3.63, 3.8) is 0 Å². The van der Waals surface area contributed by atoms with E-state index in [-0.39, 0.29) is 0 Å². The summed E-state index contributed by atoms with van der Waals surface area (Å²) in [5.41, 5.74) is 2.38. The van der Waals surface area contributed by atoms with Gasteiger partial charge in [0.2, 0.25) is 5.95 Å². The summed E-state index contributed by atoms with van der Waals surface area (Å²) in [6.07, 6.45) is 10.1. The largest absolute Gasteiger partial charge is 0.495 e. The summed E-state index contributed by atoms with van der Waals surface area (Å²) in [7, 11) is 1.64. The van der Waals surface area contributed by atoms with Gasteiger partial charge < -0.3 is 15.4 Å². The summed E-state index contributed by atoms with van der Waals surface area (Å²) >= 11 is 0. The van der Waals surface area contributed by atoms with Crippen molar-refractivity contribution in [1.82, 2.24) is 15.2 Å². The molecule has 1 aliphatic carbocycles. The van der Waals surface area contributed by atoms with E-state index < -0.39 is 0 Å². The van der Waals surface area contributed by atoms with Crippen LogP contribution in [-0.4, -0.2) is 28.8 Å². The van der Waals surface area contributed by atoms with Gasteiger partial charge in [-0.2, -0.15) is 10.1 Å². The molecular formula is C18H23N5O. The fourth-order valence-electron chi connectivity index (χ4n) is 2.79. The van der Waals surface area contributed by atoms with Crippen LogP contribution < -0.4 is 15.4 Å². The zero-order chi connectivity index (χ0) is 16.6. The molecule has 0 atom stereocenters. The summed E-state index contributed by atoms with van der Waals surface area (Å²) in [5, 5.41) is 14.5. The number of nitrogens with one attached hydrogen (secondary N) is 2. The minimum Gasteiger partial charge on any atom is -0.495 e. The Labute approximate surface area is 142 Å². The average Bonchev–Trinajstić information content (AvgIpc) is 2.63. The fraction of sp³-hybridized carbons (Fsp3) is 0.389. The van der Waals surface area contributed by atoms with Crippen LogP contribution in [-0.2, 0) is 0 Å². The molecule has 126 valence electrons. The predicted octanol–water partition coefficient (Wildman–Crippen LogP) is 3.93. The van der Waals surface area contributed by atoms with E-state index in [1.54, 1.807) is 13.3 Å². The molecule has 6 heteroatoms. The molecule has 0 unspecified atom stereocenters. The molecule has 1 aromatic heterocycles. The lowest BCUT2D eigenvalue weighted by atomic mass is 9.97. The molecule has 0 bridgehead atoms. The number of aromatic nitrogens is 3. The van der Waals surface area contributed by atoms with Crippen LogP contribution >= 0.6 is 0 Å². The van der Waals surface area contributed by atoms with E-state index >= 15 is 0 Å². The summed E-state index contributed by atoms with van der Waals surface area (Å²) in [6.45, 7) is 0.825. The van der Waals surface area contributed by atoms with E-state index in [1.807, 2.05) is 24.3 Å². The van der Waals surface area contributed by atoms with Crippen molar-refractivity contribution in [3.8, 4) is 5.75 Å². The van der Waals surface area contributed by atoms with Gasteiger partial charge in [-0.15, -0.1) is 5.10 Å². The first-order valence-corrected chi connectivity index (χ1v) is 8.37. The molecule has 0 radical (unpaired) electrons. The van der Waals surface area contributed by atoms with Crippen LogP contribution in [0.1, 0.15) is 32.1 Å². The number of hydrogen-bond acceptors (Lipinski definition) is 6. The van der Waals surface area contributed by atoms with E-state index in [9.17, 15) is 0 Å². The molecule has 6 nitrogen and oxygen atoms in total. The van der Waals surface area contributed by atoms with Gasteiger partial charge in [-0.3, -0.25) is 0 Å². The standard InChI is InChI=1S/C18H23N5O/c1-24-16-10-6-5-9-15(16)21-17-13-20-23-18(22-17)19-12-11-14-7-3-2-4-8-14/h5-7,9-10,13H,2-4,8,11-12H2,1H3,(H2,19,21,22,23). The lowest BCUT2D eigenvalue weighted by Gasteiger charge is -2.13. The Hall–Kier alpha value is -2.63. The van der Waals surface area contributed by atoms with Crippen LogP contribution in [0.4, 0.5) is 17.5 Å². The molecule has 3 rings (SSSR count). The summed E-state index contributed by atoms with van der Waals surface area (Å²) < 4.78 is 5.33. The number of anilines is 3. The Morgan fingerprint density at radius 2 is 2.12 bits per heavy atom. The number of allylic oxidation sites excluding steroid dienone is 1. The number of nitrogens with zero attached hydrogens (tertiary/aromatic N) is 3. The molecule has 0 saturated heterocycles. The maximum absolute atomic E-state index is 5.33. The zero-order valence-corrected chi connectivity index (χ0v) is 14.0. The molecular weight excluding hydrogens is 302 g/mol. The number of hydrogen-bond donors (Lipinski definition) is 2. The topological polar surface area (TPSA) is 72.0 Å². The predicted molar refractivity (Wildman–Crippen MR) is 95.8 cm³/mol. The number of rotatable bonds is 7. The molecule has 0 fully saturated rings. The van der Waals surface area contributed by atoms with Gasteiger partial charge in [0.15, 0.2) is 5.82 Å². The molecule has 1 aliphatic rings. The van der Waals surface area contributed by atoms with E-state index in [1.165, 1.54) is 31.3 Å². The second-order valence-electron chi connectivity index (χ2n) is 5.78.